The molecule has 3 rings (SSSR count). The largest absolute Gasteiger partial charge is 0.469 e. The number of piperidine rings is 1. The number of carbonyl (C=O) groups excluding carboxylic acids is 1. The molecule has 2 aromatic heterocycles. The van der Waals surface area contributed by atoms with Crippen LogP contribution < -0.4 is 5.32 Å². The number of furan rings is 1. The van der Waals surface area contributed by atoms with Crippen LogP contribution in [-0.4, -0.2) is 35.4 Å². The van der Waals surface area contributed by atoms with Gasteiger partial charge in [0.2, 0.25) is 0 Å². The zero-order valence-corrected chi connectivity index (χ0v) is 15.2. The highest BCUT2D eigenvalue weighted by Crippen LogP contribution is 2.20. The van der Waals surface area contributed by atoms with Crippen molar-refractivity contribution in [3.63, 3.8) is 0 Å². The molecule has 24 heavy (non-hydrogen) atoms. The van der Waals surface area contributed by atoms with E-state index in [2.05, 4.69) is 27.5 Å². The summed E-state index contributed by atoms with van der Waals surface area (Å²) < 4.78 is 5.19. The van der Waals surface area contributed by atoms with E-state index in [1.165, 1.54) is 17.0 Å². The highest BCUT2D eigenvalue weighted by atomic mass is 32.1. The molecule has 3 heterocycles. The number of carbonyl (C=O) groups is 1. The number of thiazole rings is 1. The maximum absolute atomic E-state index is 12.0. The quantitative estimate of drug-likeness (QED) is 0.871. The Morgan fingerprint density at radius 3 is 2.88 bits per heavy atom. The molecule has 0 radical (unpaired) electrons. The van der Waals surface area contributed by atoms with Gasteiger partial charge >= 0.3 is 0 Å². The van der Waals surface area contributed by atoms with Gasteiger partial charge in [-0.1, -0.05) is 6.92 Å². The molecule has 0 unspecified atom stereocenters. The van der Waals surface area contributed by atoms with Gasteiger partial charge in [0.15, 0.2) is 0 Å². The maximum Gasteiger partial charge on any atom is 0.254 e. The zero-order valence-electron chi connectivity index (χ0n) is 14.4. The van der Waals surface area contributed by atoms with Gasteiger partial charge in [0.1, 0.15) is 12.0 Å². The molecule has 0 saturated carbocycles. The van der Waals surface area contributed by atoms with Crippen molar-refractivity contribution in [2.45, 2.75) is 39.7 Å². The van der Waals surface area contributed by atoms with Gasteiger partial charge in [-0.3, -0.25) is 9.69 Å². The molecule has 130 valence electrons. The first-order valence-electron chi connectivity index (χ1n) is 8.63. The number of rotatable bonds is 6. The van der Waals surface area contributed by atoms with E-state index in [1.54, 1.807) is 17.4 Å². The highest BCUT2D eigenvalue weighted by Gasteiger charge is 2.21. The van der Waals surface area contributed by atoms with E-state index >= 15 is 0 Å². The number of nitrogens with one attached hydrogen (secondary N) is 1. The van der Waals surface area contributed by atoms with Gasteiger partial charge in [0.25, 0.3) is 5.91 Å². The molecule has 1 fully saturated rings. The summed E-state index contributed by atoms with van der Waals surface area (Å²) in [5.74, 6) is 1.28. The second-order valence-corrected chi connectivity index (χ2v) is 7.40. The predicted molar refractivity (Wildman–Crippen MR) is 95.3 cm³/mol. The number of aryl methyl sites for hydroxylation is 2. The minimum absolute atomic E-state index is 0.0381. The molecule has 5 nitrogen and oxygen atoms in total. The van der Waals surface area contributed by atoms with Crippen molar-refractivity contribution >= 4 is 17.2 Å². The van der Waals surface area contributed by atoms with Crippen molar-refractivity contribution < 1.29 is 9.21 Å². The SMILES string of the molecule is CCc1nc(CN2CCC(CNC(=O)c3coc(C)c3)CC2)cs1. The van der Waals surface area contributed by atoms with Gasteiger partial charge in [-0.25, -0.2) is 4.98 Å². The Bertz CT molecular complexity index is 671. The Labute approximate surface area is 147 Å². The first kappa shape index (κ1) is 17.2. The molecule has 1 aliphatic heterocycles. The van der Waals surface area contributed by atoms with Gasteiger partial charge in [0, 0.05) is 18.5 Å². The molecule has 0 aliphatic carbocycles. The highest BCUT2D eigenvalue weighted by molar-refractivity contribution is 7.09. The second kappa shape index (κ2) is 7.94. The van der Waals surface area contributed by atoms with Crippen LogP contribution in [0.3, 0.4) is 0 Å². The number of aromatic nitrogens is 1. The Morgan fingerprint density at radius 1 is 1.46 bits per heavy atom. The number of likely N-dealkylation sites (tertiary alicyclic amines) is 1. The van der Waals surface area contributed by atoms with E-state index in [1.807, 2.05) is 6.92 Å². The van der Waals surface area contributed by atoms with Crippen molar-refractivity contribution in [1.29, 1.82) is 0 Å². The summed E-state index contributed by atoms with van der Waals surface area (Å²) >= 11 is 1.76. The summed E-state index contributed by atoms with van der Waals surface area (Å²) in [7, 11) is 0. The Hall–Kier alpha value is -1.66. The predicted octanol–water partition coefficient (Wildman–Crippen LogP) is 3.25. The molecule has 0 spiro atoms. The molecule has 0 atom stereocenters. The normalized spacial score (nSPS) is 16.4. The van der Waals surface area contributed by atoms with Crippen LogP contribution in [0.1, 0.15) is 46.6 Å². The monoisotopic (exact) mass is 347 g/mol. The maximum atomic E-state index is 12.0. The average molecular weight is 347 g/mol. The number of hydrogen-bond donors (Lipinski definition) is 1. The number of nitrogens with zero attached hydrogens (tertiary/aromatic N) is 2. The Kier molecular flexibility index (Phi) is 5.68. The second-order valence-electron chi connectivity index (χ2n) is 6.46. The summed E-state index contributed by atoms with van der Waals surface area (Å²) in [6.45, 7) is 7.83. The lowest BCUT2D eigenvalue weighted by atomic mass is 9.96. The smallest absolute Gasteiger partial charge is 0.254 e. The zero-order chi connectivity index (χ0) is 16.9. The van der Waals surface area contributed by atoms with E-state index in [4.69, 9.17) is 4.42 Å². The summed E-state index contributed by atoms with van der Waals surface area (Å²) in [4.78, 5) is 19.2. The summed E-state index contributed by atoms with van der Waals surface area (Å²) in [6, 6.07) is 1.77. The third-order valence-electron chi connectivity index (χ3n) is 4.54. The van der Waals surface area contributed by atoms with E-state index in [0.717, 1.165) is 51.2 Å². The third kappa shape index (κ3) is 4.45. The van der Waals surface area contributed by atoms with Crippen molar-refractivity contribution in [1.82, 2.24) is 15.2 Å². The molecule has 6 heteroatoms. The minimum Gasteiger partial charge on any atom is -0.469 e. The lowest BCUT2D eigenvalue weighted by Gasteiger charge is -2.31. The first-order valence-corrected chi connectivity index (χ1v) is 9.51. The molecule has 0 aromatic carbocycles. The molecule has 0 bridgehead atoms. The lowest BCUT2D eigenvalue weighted by molar-refractivity contribution is 0.0934. The molecule has 1 N–H and O–H groups in total. The molecular formula is C18H25N3O2S. The van der Waals surface area contributed by atoms with Crippen LogP contribution in [0.4, 0.5) is 0 Å². The van der Waals surface area contributed by atoms with Crippen molar-refractivity contribution in [3.05, 3.63) is 39.7 Å². The Balaban J connectivity index is 1.39. The van der Waals surface area contributed by atoms with Gasteiger partial charge in [0.05, 0.1) is 16.3 Å². The van der Waals surface area contributed by atoms with Crippen LogP contribution in [0.15, 0.2) is 22.1 Å². The number of amides is 1. The van der Waals surface area contributed by atoms with Gasteiger partial charge < -0.3 is 9.73 Å². The summed E-state index contributed by atoms with van der Waals surface area (Å²) in [5.41, 5.74) is 1.80. The molecule has 2 aromatic rings. The molecule has 1 aliphatic rings. The lowest BCUT2D eigenvalue weighted by Crippen LogP contribution is -2.38. The van der Waals surface area contributed by atoms with Crippen LogP contribution >= 0.6 is 11.3 Å². The van der Waals surface area contributed by atoms with Crippen LogP contribution in [0, 0.1) is 12.8 Å². The Morgan fingerprint density at radius 2 is 2.25 bits per heavy atom. The van der Waals surface area contributed by atoms with Crippen LogP contribution in [0.2, 0.25) is 0 Å². The fraction of sp³-hybridized carbons (Fsp3) is 0.556. The van der Waals surface area contributed by atoms with Gasteiger partial charge in [-0.15, -0.1) is 11.3 Å². The van der Waals surface area contributed by atoms with Gasteiger partial charge in [-0.2, -0.15) is 0 Å². The third-order valence-corrected chi connectivity index (χ3v) is 5.58. The fourth-order valence-electron chi connectivity index (χ4n) is 3.06. The van der Waals surface area contributed by atoms with Crippen LogP contribution in [-0.2, 0) is 13.0 Å². The fourth-order valence-corrected chi connectivity index (χ4v) is 3.80. The van der Waals surface area contributed by atoms with Crippen LogP contribution in [0.25, 0.3) is 0 Å². The van der Waals surface area contributed by atoms with Gasteiger partial charge in [-0.05, 0) is 51.3 Å². The van der Waals surface area contributed by atoms with Crippen molar-refractivity contribution in [2.75, 3.05) is 19.6 Å². The standard InChI is InChI=1S/C18H25N3O2S/c1-3-17-20-16(12-24-17)10-21-6-4-14(5-7-21)9-19-18(22)15-8-13(2)23-11-15/h8,11-12,14H,3-7,9-10H2,1-2H3,(H,19,22). The first-order chi connectivity index (χ1) is 11.6. The van der Waals surface area contributed by atoms with E-state index < -0.39 is 0 Å². The summed E-state index contributed by atoms with van der Waals surface area (Å²) in [5, 5.41) is 6.43. The number of hydrogen-bond acceptors (Lipinski definition) is 5. The van der Waals surface area contributed by atoms with E-state index in [-0.39, 0.29) is 5.91 Å². The van der Waals surface area contributed by atoms with Crippen molar-refractivity contribution in [3.8, 4) is 0 Å². The summed E-state index contributed by atoms with van der Waals surface area (Å²) in [6.07, 6.45) is 4.78. The molecular weight excluding hydrogens is 322 g/mol. The molecule has 1 amide bonds. The van der Waals surface area contributed by atoms with Crippen LogP contribution in [0.5, 0.6) is 0 Å². The van der Waals surface area contributed by atoms with E-state index in [0.29, 0.717) is 11.5 Å². The van der Waals surface area contributed by atoms with E-state index in [9.17, 15) is 4.79 Å². The minimum atomic E-state index is -0.0381. The van der Waals surface area contributed by atoms with Crippen molar-refractivity contribution in [2.24, 2.45) is 5.92 Å². The topological polar surface area (TPSA) is 58.4 Å². The average Bonchev–Trinajstić information content (AvgIpc) is 3.23. The molecule has 1 saturated heterocycles.